The van der Waals surface area contributed by atoms with Gasteiger partial charge in [-0.1, -0.05) is 12.1 Å². The SMILES string of the molecule is CONC(=O)c1ccc(Nc2cc(C)c(F)cn2)nc1Nc1c(C2CC2)cccc1N(C)S(C)(=O)=O. The fraction of sp³-hybridized carbons (Fsp3) is 0.292. The van der Waals surface area contributed by atoms with Crippen LogP contribution in [0.2, 0.25) is 0 Å². The van der Waals surface area contributed by atoms with Gasteiger partial charge < -0.3 is 10.6 Å². The number of rotatable bonds is 9. The van der Waals surface area contributed by atoms with Gasteiger partial charge in [0.15, 0.2) is 0 Å². The molecule has 0 spiro atoms. The maximum atomic E-state index is 13.6. The minimum absolute atomic E-state index is 0.171. The Morgan fingerprint density at radius 2 is 1.92 bits per heavy atom. The zero-order valence-corrected chi connectivity index (χ0v) is 21.1. The van der Waals surface area contributed by atoms with E-state index in [9.17, 15) is 17.6 Å². The number of amides is 1. The van der Waals surface area contributed by atoms with E-state index in [4.69, 9.17) is 4.84 Å². The Morgan fingerprint density at radius 1 is 1.17 bits per heavy atom. The van der Waals surface area contributed by atoms with Gasteiger partial charge >= 0.3 is 0 Å². The first kappa shape index (κ1) is 25.3. The highest BCUT2D eigenvalue weighted by Gasteiger charge is 2.30. The quantitative estimate of drug-likeness (QED) is 0.366. The van der Waals surface area contributed by atoms with E-state index >= 15 is 0 Å². The highest BCUT2D eigenvalue weighted by molar-refractivity contribution is 7.92. The molecular weight excluding hydrogens is 487 g/mol. The number of carbonyl (C=O) groups excluding carboxylic acids is 1. The molecule has 0 unspecified atom stereocenters. The molecule has 190 valence electrons. The van der Waals surface area contributed by atoms with Crippen molar-refractivity contribution in [1.29, 1.82) is 0 Å². The highest BCUT2D eigenvalue weighted by atomic mass is 32.2. The zero-order chi connectivity index (χ0) is 26.0. The summed E-state index contributed by atoms with van der Waals surface area (Å²) in [5, 5.41) is 6.23. The zero-order valence-electron chi connectivity index (χ0n) is 20.3. The molecule has 36 heavy (non-hydrogen) atoms. The molecule has 2 aromatic heterocycles. The van der Waals surface area contributed by atoms with Crippen LogP contribution in [0, 0.1) is 12.7 Å². The third-order valence-corrected chi connectivity index (χ3v) is 7.00. The molecule has 1 amide bonds. The minimum Gasteiger partial charge on any atom is -0.338 e. The van der Waals surface area contributed by atoms with Crippen LogP contribution in [0.3, 0.4) is 0 Å². The lowest BCUT2D eigenvalue weighted by Gasteiger charge is -2.24. The van der Waals surface area contributed by atoms with Gasteiger partial charge in [-0.05, 0) is 61.1 Å². The van der Waals surface area contributed by atoms with Crippen LogP contribution in [0.15, 0.2) is 42.6 Å². The highest BCUT2D eigenvalue weighted by Crippen LogP contribution is 2.47. The summed E-state index contributed by atoms with van der Waals surface area (Å²) in [4.78, 5) is 26.1. The van der Waals surface area contributed by atoms with Gasteiger partial charge in [0.25, 0.3) is 5.91 Å². The number of hydrogen-bond acceptors (Lipinski definition) is 8. The summed E-state index contributed by atoms with van der Waals surface area (Å²) in [5.74, 6) is 0.177. The predicted octanol–water partition coefficient (Wildman–Crippen LogP) is 3.98. The van der Waals surface area contributed by atoms with Gasteiger partial charge in [-0.3, -0.25) is 13.9 Å². The molecule has 0 radical (unpaired) electrons. The molecule has 3 aromatic rings. The molecule has 1 aliphatic rings. The second kappa shape index (κ2) is 10.1. The third kappa shape index (κ3) is 5.55. The summed E-state index contributed by atoms with van der Waals surface area (Å²) in [5.41, 5.74) is 4.76. The lowest BCUT2D eigenvalue weighted by molar-refractivity contribution is 0.0538. The summed E-state index contributed by atoms with van der Waals surface area (Å²) in [7, 11) is -0.773. The van der Waals surface area contributed by atoms with Crippen LogP contribution in [0.1, 0.15) is 40.2 Å². The van der Waals surface area contributed by atoms with Gasteiger partial charge in [0.2, 0.25) is 10.0 Å². The van der Waals surface area contributed by atoms with Gasteiger partial charge in [-0.25, -0.2) is 28.3 Å². The van der Waals surface area contributed by atoms with E-state index in [1.165, 1.54) is 24.5 Å². The number of aromatic nitrogens is 2. The van der Waals surface area contributed by atoms with Gasteiger partial charge in [0.05, 0.1) is 36.5 Å². The van der Waals surface area contributed by atoms with Crippen LogP contribution in [0.25, 0.3) is 0 Å². The first-order valence-electron chi connectivity index (χ1n) is 11.2. The standard InChI is InChI=1S/C24H27FN6O4S/c1-14-12-21(26-13-18(14)25)27-20-11-10-17(24(32)30-35-3)23(28-20)29-22-16(15-8-9-15)6-5-7-19(22)31(2)36(4,33)34/h5-7,10-13,15H,8-9H2,1-4H3,(H,30,32)(H2,26,27,28,29). The van der Waals surface area contributed by atoms with Gasteiger partial charge in [0.1, 0.15) is 23.3 Å². The van der Waals surface area contributed by atoms with E-state index in [0.717, 1.165) is 30.9 Å². The Balaban J connectivity index is 1.79. The average molecular weight is 515 g/mol. The van der Waals surface area contributed by atoms with Gasteiger partial charge in [-0.2, -0.15) is 0 Å². The second-order valence-corrected chi connectivity index (χ2v) is 10.6. The number of halogens is 1. The molecule has 12 heteroatoms. The van der Waals surface area contributed by atoms with Crippen LogP contribution in [0.4, 0.5) is 33.2 Å². The van der Waals surface area contributed by atoms with Gasteiger partial charge in [0, 0.05) is 7.05 Å². The topological polar surface area (TPSA) is 126 Å². The van der Waals surface area contributed by atoms with E-state index in [-0.39, 0.29) is 17.3 Å². The molecule has 0 atom stereocenters. The van der Waals surface area contributed by atoms with Crippen molar-refractivity contribution in [3.05, 3.63) is 65.1 Å². The number of benzene rings is 1. The van der Waals surface area contributed by atoms with Crippen LogP contribution < -0.4 is 20.4 Å². The summed E-state index contributed by atoms with van der Waals surface area (Å²) in [6.07, 6.45) is 4.18. The van der Waals surface area contributed by atoms with E-state index in [1.807, 2.05) is 12.1 Å². The monoisotopic (exact) mass is 514 g/mol. The molecule has 1 fully saturated rings. The first-order chi connectivity index (χ1) is 17.1. The number of sulfonamides is 1. The average Bonchev–Trinajstić information content (AvgIpc) is 3.66. The molecule has 3 N–H and O–H groups in total. The van der Waals surface area contributed by atoms with E-state index in [2.05, 4.69) is 26.1 Å². The number of anilines is 5. The normalized spacial score (nSPS) is 13.2. The third-order valence-electron chi connectivity index (χ3n) is 5.81. The number of hydroxylamine groups is 1. The number of para-hydroxylation sites is 1. The van der Waals surface area contributed by atoms with Crippen molar-refractivity contribution in [2.45, 2.75) is 25.7 Å². The van der Waals surface area contributed by atoms with Gasteiger partial charge in [-0.15, -0.1) is 0 Å². The van der Waals surface area contributed by atoms with Crippen LogP contribution >= 0.6 is 0 Å². The molecular formula is C24H27FN6O4S. The number of hydrogen-bond donors (Lipinski definition) is 3. The molecule has 1 aromatic carbocycles. The van der Waals surface area contributed by atoms with Crippen molar-refractivity contribution < 1.29 is 22.4 Å². The number of nitrogens with zero attached hydrogens (tertiary/aromatic N) is 3. The fourth-order valence-electron chi connectivity index (χ4n) is 3.68. The van der Waals surface area contributed by atoms with Crippen LogP contribution in [-0.4, -0.2) is 44.7 Å². The van der Waals surface area contributed by atoms with Crippen molar-refractivity contribution in [2.24, 2.45) is 0 Å². The molecule has 2 heterocycles. The number of pyridine rings is 2. The lowest BCUT2D eigenvalue weighted by Crippen LogP contribution is -2.26. The largest absolute Gasteiger partial charge is 0.338 e. The Labute approximate surface area is 208 Å². The van der Waals surface area contributed by atoms with Crippen molar-refractivity contribution in [1.82, 2.24) is 15.4 Å². The van der Waals surface area contributed by atoms with Crippen molar-refractivity contribution in [3.63, 3.8) is 0 Å². The van der Waals surface area contributed by atoms with Crippen molar-refractivity contribution >= 4 is 44.8 Å². The Bertz CT molecular complexity index is 1410. The number of aryl methyl sites for hydroxylation is 1. The Morgan fingerprint density at radius 3 is 2.56 bits per heavy atom. The number of nitrogens with one attached hydrogen (secondary N) is 3. The number of carbonyl (C=O) groups is 1. The molecule has 10 nitrogen and oxygen atoms in total. The maximum Gasteiger partial charge on any atom is 0.278 e. The first-order valence-corrected chi connectivity index (χ1v) is 13.0. The minimum atomic E-state index is -3.56. The predicted molar refractivity (Wildman–Crippen MR) is 136 cm³/mol. The maximum absolute atomic E-state index is 13.6. The molecule has 0 bridgehead atoms. The van der Waals surface area contributed by atoms with Crippen LogP contribution in [0.5, 0.6) is 0 Å². The Hall–Kier alpha value is -3.77. The molecule has 1 aliphatic carbocycles. The summed E-state index contributed by atoms with van der Waals surface area (Å²) in [6.45, 7) is 1.62. The Kier molecular flexibility index (Phi) is 7.09. The molecule has 0 saturated heterocycles. The van der Waals surface area contributed by atoms with E-state index < -0.39 is 21.7 Å². The van der Waals surface area contributed by atoms with E-state index in [0.29, 0.717) is 28.6 Å². The van der Waals surface area contributed by atoms with E-state index in [1.54, 1.807) is 25.1 Å². The molecule has 0 aliphatic heterocycles. The molecule has 4 rings (SSSR count). The van der Waals surface area contributed by atoms with Crippen molar-refractivity contribution in [3.8, 4) is 0 Å². The summed E-state index contributed by atoms with van der Waals surface area (Å²) < 4.78 is 39.5. The summed E-state index contributed by atoms with van der Waals surface area (Å²) in [6, 6.07) is 10.1. The smallest absolute Gasteiger partial charge is 0.278 e. The van der Waals surface area contributed by atoms with Crippen molar-refractivity contribution in [2.75, 3.05) is 35.4 Å². The second-order valence-electron chi connectivity index (χ2n) is 8.54. The lowest BCUT2D eigenvalue weighted by atomic mass is 10.1. The fourth-order valence-corrected chi connectivity index (χ4v) is 4.19. The van der Waals surface area contributed by atoms with Crippen LogP contribution in [-0.2, 0) is 14.9 Å². The summed E-state index contributed by atoms with van der Waals surface area (Å²) >= 11 is 0. The molecule has 1 saturated carbocycles.